The van der Waals surface area contributed by atoms with Crippen molar-refractivity contribution in [2.45, 2.75) is 27.2 Å². The molecule has 0 amide bonds. The SMILES string of the molecule is CC.CC1=CC=C(CO)C=CC1. The highest BCUT2D eigenvalue weighted by atomic mass is 16.3. The van der Waals surface area contributed by atoms with Crippen LogP contribution >= 0.6 is 0 Å². The Kier molecular flexibility index (Phi) is 6.39. The Morgan fingerprint density at radius 3 is 2.58 bits per heavy atom. The zero-order valence-corrected chi connectivity index (χ0v) is 8.17. The topological polar surface area (TPSA) is 20.2 Å². The van der Waals surface area contributed by atoms with Crippen LogP contribution in [0.25, 0.3) is 0 Å². The number of hydrogen-bond donors (Lipinski definition) is 1. The van der Waals surface area contributed by atoms with Crippen molar-refractivity contribution in [1.82, 2.24) is 0 Å². The second kappa shape index (κ2) is 6.86. The zero-order valence-electron chi connectivity index (χ0n) is 8.17. The minimum atomic E-state index is 0.139. The second-order valence-electron chi connectivity index (χ2n) is 2.52. The van der Waals surface area contributed by atoms with Crippen LogP contribution in [0.5, 0.6) is 0 Å². The summed E-state index contributed by atoms with van der Waals surface area (Å²) in [6.45, 7) is 6.22. The summed E-state index contributed by atoms with van der Waals surface area (Å²) in [4.78, 5) is 0. The third-order valence-corrected chi connectivity index (χ3v) is 1.54. The lowest BCUT2D eigenvalue weighted by atomic mass is 10.2. The Bertz CT molecular complexity index is 197. The Balaban J connectivity index is 0.000000561. The molecule has 0 saturated carbocycles. The van der Waals surface area contributed by atoms with Gasteiger partial charge in [-0.1, -0.05) is 43.7 Å². The first kappa shape index (κ1) is 11.2. The van der Waals surface area contributed by atoms with E-state index < -0.39 is 0 Å². The van der Waals surface area contributed by atoms with E-state index in [0.717, 1.165) is 12.0 Å². The molecule has 0 spiro atoms. The summed E-state index contributed by atoms with van der Waals surface area (Å²) in [6, 6.07) is 0. The van der Waals surface area contributed by atoms with Crippen LogP contribution in [0.4, 0.5) is 0 Å². The summed E-state index contributed by atoms with van der Waals surface area (Å²) in [6.07, 6.45) is 9.04. The van der Waals surface area contributed by atoms with Crippen molar-refractivity contribution in [2.75, 3.05) is 6.61 Å². The standard InChI is InChI=1S/C9H12O.C2H6/c1-8-3-2-4-9(7-10)6-5-8;1-2/h2,4-6,10H,3,7H2,1H3;1-2H3. The third kappa shape index (κ3) is 4.14. The van der Waals surface area contributed by atoms with E-state index in [1.807, 2.05) is 32.1 Å². The van der Waals surface area contributed by atoms with Crippen molar-refractivity contribution in [1.29, 1.82) is 0 Å². The molecule has 0 unspecified atom stereocenters. The Labute approximate surface area is 75.1 Å². The molecule has 1 aliphatic rings. The monoisotopic (exact) mass is 166 g/mol. The lowest BCUT2D eigenvalue weighted by Gasteiger charge is -1.89. The quantitative estimate of drug-likeness (QED) is 0.635. The summed E-state index contributed by atoms with van der Waals surface area (Å²) in [7, 11) is 0. The summed E-state index contributed by atoms with van der Waals surface area (Å²) < 4.78 is 0. The van der Waals surface area contributed by atoms with E-state index in [-0.39, 0.29) is 6.61 Å². The molecule has 1 nitrogen and oxygen atoms in total. The van der Waals surface area contributed by atoms with Gasteiger partial charge in [0.1, 0.15) is 0 Å². The van der Waals surface area contributed by atoms with Gasteiger partial charge in [0, 0.05) is 0 Å². The molecule has 1 aliphatic carbocycles. The van der Waals surface area contributed by atoms with Crippen LogP contribution < -0.4 is 0 Å². The van der Waals surface area contributed by atoms with Gasteiger partial charge in [-0.05, 0) is 18.9 Å². The molecule has 0 radical (unpaired) electrons. The molecule has 68 valence electrons. The van der Waals surface area contributed by atoms with E-state index in [0.29, 0.717) is 0 Å². The Morgan fingerprint density at radius 1 is 1.33 bits per heavy atom. The van der Waals surface area contributed by atoms with Crippen LogP contribution in [0.3, 0.4) is 0 Å². The van der Waals surface area contributed by atoms with Crippen LogP contribution in [-0.2, 0) is 0 Å². The van der Waals surface area contributed by atoms with Gasteiger partial charge in [-0.3, -0.25) is 0 Å². The van der Waals surface area contributed by atoms with Gasteiger partial charge < -0.3 is 5.11 Å². The summed E-state index contributed by atoms with van der Waals surface area (Å²) in [5, 5.41) is 8.75. The summed E-state index contributed by atoms with van der Waals surface area (Å²) in [5.74, 6) is 0. The minimum Gasteiger partial charge on any atom is -0.392 e. The predicted molar refractivity (Wildman–Crippen MR) is 54.0 cm³/mol. The molecule has 0 saturated heterocycles. The molecule has 0 aromatic carbocycles. The number of allylic oxidation sites excluding steroid dienone is 4. The first-order valence-electron chi connectivity index (χ1n) is 4.46. The van der Waals surface area contributed by atoms with Crippen molar-refractivity contribution in [3.05, 3.63) is 35.5 Å². The highest BCUT2D eigenvalue weighted by Gasteiger charge is 1.92. The van der Waals surface area contributed by atoms with Crippen molar-refractivity contribution in [2.24, 2.45) is 0 Å². The lowest BCUT2D eigenvalue weighted by Crippen LogP contribution is -1.82. The molecule has 0 aromatic heterocycles. The normalized spacial score (nSPS) is 15.3. The Hall–Kier alpha value is -0.820. The number of aliphatic hydroxyl groups excluding tert-OH is 1. The first-order valence-corrected chi connectivity index (χ1v) is 4.46. The first-order chi connectivity index (χ1) is 5.83. The van der Waals surface area contributed by atoms with Gasteiger partial charge in [0.25, 0.3) is 0 Å². The van der Waals surface area contributed by atoms with Crippen LogP contribution in [0, 0.1) is 0 Å². The maximum absolute atomic E-state index is 8.75. The Morgan fingerprint density at radius 2 is 2.00 bits per heavy atom. The van der Waals surface area contributed by atoms with Crippen molar-refractivity contribution in [3.8, 4) is 0 Å². The number of rotatable bonds is 1. The third-order valence-electron chi connectivity index (χ3n) is 1.54. The van der Waals surface area contributed by atoms with E-state index in [4.69, 9.17) is 5.11 Å². The maximum atomic E-state index is 8.75. The fourth-order valence-electron chi connectivity index (χ4n) is 0.874. The second-order valence-corrected chi connectivity index (χ2v) is 2.52. The molecule has 1 rings (SSSR count). The van der Waals surface area contributed by atoms with Crippen LogP contribution in [-0.4, -0.2) is 11.7 Å². The largest absolute Gasteiger partial charge is 0.392 e. The van der Waals surface area contributed by atoms with Crippen LogP contribution in [0.1, 0.15) is 27.2 Å². The average Bonchev–Trinajstić information content (AvgIpc) is 2.33. The van der Waals surface area contributed by atoms with E-state index in [9.17, 15) is 0 Å². The molecular weight excluding hydrogens is 148 g/mol. The van der Waals surface area contributed by atoms with Gasteiger partial charge >= 0.3 is 0 Å². The molecular formula is C11H18O. The highest BCUT2D eigenvalue weighted by Crippen LogP contribution is 2.09. The molecule has 0 aromatic rings. The zero-order chi connectivity index (χ0) is 9.40. The predicted octanol–water partition coefficient (Wildman–Crippen LogP) is 2.84. The maximum Gasteiger partial charge on any atom is 0.0681 e. The molecule has 1 N–H and O–H groups in total. The number of aliphatic hydroxyl groups is 1. The van der Waals surface area contributed by atoms with Crippen molar-refractivity contribution < 1.29 is 5.11 Å². The molecule has 0 heterocycles. The fraction of sp³-hybridized carbons (Fsp3) is 0.455. The molecule has 1 heteroatoms. The summed E-state index contributed by atoms with van der Waals surface area (Å²) in [5.41, 5.74) is 2.32. The van der Waals surface area contributed by atoms with E-state index >= 15 is 0 Å². The van der Waals surface area contributed by atoms with Gasteiger partial charge in [0.2, 0.25) is 0 Å². The average molecular weight is 166 g/mol. The van der Waals surface area contributed by atoms with Crippen molar-refractivity contribution in [3.63, 3.8) is 0 Å². The van der Waals surface area contributed by atoms with Crippen molar-refractivity contribution >= 4 is 0 Å². The van der Waals surface area contributed by atoms with Crippen LogP contribution in [0.2, 0.25) is 0 Å². The van der Waals surface area contributed by atoms with Gasteiger partial charge in [0.05, 0.1) is 6.61 Å². The molecule has 0 atom stereocenters. The lowest BCUT2D eigenvalue weighted by molar-refractivity contribution is 0.335. The minimum absolute atomic E-state index is 0.139. The van der Waals surface area contributed by atoms with E-state index in [2.05, 4.69) is 13.0 Å². The molecule has 0 aliphatic heterocycles. The van der Waals surface area contributed by atoms with Crippen LogP contribution in [0.15, 0.2) is 35.5 Å². The highest BCUT2D eigenvalue weighted by molar-refractivity contribution is 5.30. The van der Waals surface area contributed by atoms with Gasteiger partial charge in [-0.25, -0.2) is 0 Å². The molecule has 0 bridgehead atoms. The molecule has 12 heavy (non-hydrogen) atoms. The summed E-state index contributed by atoms with van der Waals surface area (Å²) >= 11 is 0. The number of hydrogen-bond acceptors (Lipinski definition) is 1. The van der Waals surface area contributed by atoms with Gasteiger partial charge in [-0.2, -0.15) is 0 Å². The van der Waals surface area contributed by atoms with E-state index in [1.54, 1.807) is 0 Å². The fourth-order valence-corrected chi connectivity index (χ4v) is 0.874. The smallest absolute Gasteiger partial charge is 0.0681 e. The van der Waals surface area contributed by atoms with Gasteiger partial charge in [-0.15, -0.1) is 0 Å². The van der Waals surface area contributed by atoms with E-state index in [1.165, 1.54) is 5.57 Å². The molecule has 0 fully saturated rings. The van der Waals surface area contributed by atoms with Gasteiger partial charge in [0.15, 0.2) is 0 Å².